The van der Waals surface area contributed by atoms with Crippen LogP contribution in [0, 0.1) is 0 Å². The van der Waals surface area contributed by atoms with Gasteiger partial charge in [-0.05, 0) is 29.7 Å². The van der Waals surface area contributed by atoms with Gasteiger partial charge in [0.15, 0.2) is 0 Å². The summed E-state index contributed by atoms with van der Waals surface area (Å²) in [6.07, 6.45) is 4.52. The molecule has 1 aromatic heterocycles. The molecule has 24 heavy (non-hydrogen) atoms. The minimum absolute atomic E-state index is 0.0505. The van der Waals surface area contributed by atoms with Gasteiger partial charge in [-0.3, -0.25) is 9.88 Å². The number of nitrogens with zero attached hydrogens (tertiary/aromatic N) is 3. The predicted octanol–water partition coefficient (Wildman–Crippen LogP) is 2.15. The highest BCUT2D eigenvalue weighted by molar-refractivity contribution is 5.74. The molecule has 0 unspecified atom stereocenters. The van der Waals surface area contributed by atoms with Crippen molar-refractivity contribution >= 4 is 6.03 Å². The first-order valence-corrected chi connectivity index (χ1v) is 8.49. The smallest absolute Gasteiger partial charge is 0.317 e. The van der Waals surface area contributed by atoms with Crippen LogP contribution < -0.4 is 5.32 Å². The van der Waals surface area contributed by atoms with E-state index >= 15 is 0 Å². The van der Waals surface area contributed by atoms with Crippen LogP contribution in [0.4, 0.5) is 4.79 Å². The van der Waals surface area contributed by atoms with Gasteiger partial charge in [-0.25, -0.2) is 4.79 Å². The Bertz CT molecular complexity index is 624. The molecule has 5 nitrogen and oxygen atoms in total. The summed E-state index contributed by atoms with van der Waals surface area (Å²) in [5.41, 5.74) is 2.52. The maximum absolute atomic E-state index is 12.2. The third kappa shape index (κ3) is 4.80. The topological polar surface area (TPSA) is 48.5 Å². The van der Waals surface area contributed by atoms with E-state index in [-0.39, 0.29) is 6.03 Å². The van der Waals surface area contributed by atoms with Crippen molar-refractivity contribution in [2.24, 2.45) is 0 Å². The van der Waals surface area contributed by atoms with Gasteiger partial charge in [0.1, 0.15) is 0 Å². The number of pyridine rings is 1. The van der Waals surface area contributed by atoms with Gasteiger partial charge >= 0.3 is 6.03 Å². The molecule has 2 heterocycles. The summed E-state index contributed by atoms with van der Waals surface area (Å²) < 4.78 is 0. The molecule has 0 aliphatic carbocycles. The van der Waals surface area contributed by atoms with E-state index in [1.165, 1.54) is 11.1 Å². The standard InChI is InChI=1S/C19H24N4O/c24-19(21-11-8-17-4-2-1-3-5-17)23-14-12-22(13-15-23)16-18-6-9-20-10-7-18/h1-7,9-10H,8,11-16H2,(H,21,24). The van der Waals surface area contributed by atoms with Crippen molar-refractivity contribution in [1.82, 2.24) is 20.1 Å². The van der Waals surface area contributed by atoms with Crippen molar-refractivity contribution in [3.05, 3.63) is 66.0 Å². The number of urea groups is 1. The maximum Gasteiger partial charge on any atom is 0.317 e. The van der Waals surface area contributed by atoms with Crippen LogP contribution in [0.25, 0.3) is 0 Å². The van der Waals surface area contributed by atoms with Crippen LogP contribution in [0.3, 0.4) is 0 Å². The minimum Gasteiger partial charge on any atom is -0.338 e. The normalized spacial score (nSPS) is 15.2. The lowest BCUT2D eigenvalue weighted by Crippen LogP contribution is -2.51. The van der Waals surface area contributed by atoms with Crippen LogP contribution in [0.1, 0.15) is 11.1 Å². The van der Waals surface area contributed by atoms with Gasteiger partial charge in [0, 0.05) is 51.7 Å². The first-order chi connectivity index (χ1) is 11.8. The Labute approximate surface area is 143 Å². The van der Waals surface area contributed by atoms with Crippen LogP contribution in [-0.2, 0) is 13.0 Å². The highest BCUT2D eigenvalue weighted by atomic mass is 16.2. The quantitative estimate of drug-likeness (QED) is 0.917. The van der Waals surface area contributed by atoms with E-state index in [1.54, 1.807) is 0 Å². The molecular formula is C19H24N4O. The number of amides is 2. The Hall–Kier alpha value is -2.40. The van der Waals surface area contributed by atoms with Crippen molar-refractivity contribution in [3.63, 3.8) is 0 Å². The number of piperazine rings is 1. The van der Waals surface area contributed by atoms with E-state index in [4.69, 9.17) is 0 Å². The Balaban J connectivity index is 1.37. The molecule has 1 aromatic carbocycles. The van der Waals surface area contributed by atoms with E-state index in [1.807, 2.05) is 47.6 Å². The van der Waals surface area contributed by atoms with Crippen LogP contribution >= 0.6 is 0 Å². The van der Waals surface area contributed by atoms with Gasteiger partial charge in [-0.15, -0.1) is 0 Å². The number of hydrogen-bond acceptors (Lipinski definition) is 3. The number of carbonyl (C=O) groups excluding carboxylic acids is 1. The van der Waals surface area contributed by atoms with Gasteiger partial charge in [-0.1, -0.05) is 30.3 Å². The Morgan fingerprint density at radius 1 is 0.958 bits per heavy atom. The zero-order chi connectivity index (χ0) is 16.6. The zero-order valence-corrected chi connectivity index (χ0v) is 13.9. The third-order valence-electron chi connectivity index (χ3n) is 4.35. The van der Waals surface area contributed by atoms with Gasteiger partial charge in [0.2, 0.25) is 0 Å². The van der Waals surface area contributed by atoms with E-state index < -0.39 is 0 Å². The van der Waals surface area contributed by atoms with E-state index in [0.29, 0.717) is 6.54 Å². The first kappa shape index (κ1) is 16.5. The summed E-state index contributed by atoms with van der Waals surface area (Å²) >= 11 is 0. The number of aromatic nitrogens is 1. The summed E-state index contributed by atoms with van der Waals surface area (Å²) in [7, 11) is 0. The third-order valence-corrected chi connectivity index (χ3v) is 4.35. The highest BCUT2D eigenvalue weighted by Gasteiger charge is 2.20. The van der Waals surface area contributed by atoms with Crippen molar-refractivity contribution in [2.75, 3.05) is 32.7 Å². The summed E-state index contributed by atoms with van der Waals surface area (Å²) in [4.78, 5) is 20.6. The number of benzene rings is 1. The summed E-state index contributed by atoms with van der Waals surface area (Å²) in [5, 5.41) is 3.03. The summed E-state index contributed by atoms with van der Waals surface area (Å²) in [6.45, 7) is 4.99. The van der Waals surface area contributed by atoms with Crippen LogP contribution in [-0.4, -0.2) is 53.5 Å². The van der Waals surface area contributed by atoms with Crippen LogP contribution in [0.2, 0.25) is 0 Å². The summed E-state index contributed by atoms with van der Waals surface area (Å²) in [6, 6.07) is 14.4. The van der Waals surface area contributed by atoms with Gasteiger partial charge in [0.05, 0.1) is 0 Å². The molecule has 0 bridgehead atoms. The number of hydrogen-bond donors (Lipinski definition) is 1. The van der Waals surface area contributed by atoms with Crippen molar-refractivity contribution < 1.29 is 4.79 Å². The highest BCUT2D eigenvalue weighted by Crippen LogP contribution is 2.08. The van der Waals surface area contributed by atoms with Crippen LogP contribution in [0.5, 0.6) is 0 Å². The zero-order valence-electron chi connectivity index (χ0n) is 13.9. The molecule has 0 atom stereocenters. The van der Waals surface area contributed by atoms with Crippen molar-refractivity contribution in [2.45, 2.75) is 13.0 Å². The predicted molar refractivity (Wildman–Crippen MR) is 94.6 cm³/mol. The van der Waals surface area contributed by atoms with Gasteiger partial charge < -0.3 is 10.2 Å². The fraction of sp³-hybridized carbons (Fsp3) is 0.368. The first-order valence-electron chi connectivity index (χ1n) is 8.49. The van der Waals surface area contributed by atoms with Gasteiger partial charge in [-0.2, -0.15) is 0 Å². The minimum atomic E-state index is 0.0505. The number of rotatable bonds is 5. The molecule has 0 radical (unpaired) electrons. The molecule has 5 heteroatoms. The average molecular weight is 324 g/mol. The molecule has 1 N–H and O–H groups in total. The fourth-order valence-electron chi connectivity index (χ4n) is 2.93. The second kappa shape index (κ2) is 8.45. The average Bonchev–Trinajstić information content (AvgIpc) is 2.64. The lowest BCUT2D eigenvalue weighted by atomic mass is 10.1. The molecule has 1 saturated heterocycles. The van der Waals surface area contributed by atoms with Crippen molar-refractivity contribution in [3.8, 4) is 0 Å². The molecule has 2 aromatic rings. The molecule has 0 saturated carbocycles. The fourth-order valence-corrected chi connectivity index (χ4v) is 2.93. The van der Waals surface area contributed by atoms with Crippen LogP contribution in [0.15, 0.2) is 54.9 Å². The van der Waals surface area contributed by atoms with E-state index in [2.05, 4.69) is 27.3 Å². The Morgan fingerprint density at radius 3 is 2.38 bits per heavy atom. The molecule has 3 rings (SSSR count). The molecule has 126 valence electrons. The number of nitrogens with one attached hydrogen (secondary N) is 1. The monoisotopic (exact) mass is 324 g/mol. The lowest BCUT2D eigenvalue weighted by Gasteiger charge is -2.34. The number of carbonyl (C=O) groups is 1. The molecule has 0 spiro atoms. The second-order valence-electron chi connectivity index (χ2n) is 6.09. The molecular weight excluding hydrogens is 300 g/mol. The Kier molecular flexibility index (Phi) is 5.80. The van der Waals surface area contributed by atoms with E-state index in [0.717, 1.165) is 39.1 Å². The summed E-state index contributed by atoms with van der Waals surface area (Å²) in [5.74, 6) is 0. The van der Waals surface area contributed by atoms with Crippen molar-refractivity contribution in [1.29, 1.82) is 0 Å². The molecule has 1 aliphatic heterocycles. The molecule has 2 amide bonds. The van der Waals surface area contributed by atoms with E-state index in [9.17, 15) is 4.79 Å². The SMILES string of the molecule is O=C(NCCc1ccccc1)N1CCN(Cc2ccncc2)CC1. The van der Waals surface area contributed by atoms with Gasteiger partial charge in [0.25, 0.3) is 0 Å². The molecule has 1 aliphatic rings. The second-order valence-corrected chi connectivity index (χ2v) is 6.09. The maximum atomic E-state index is 12.2. The largest absolute Gasteiger partial charge is 0.338 e. The Morgan fingerprint density at radius 2 is 1.67 bits per heavy atom. The lowest BCUT2D eigenvalue weighted by molar-refractivity contribution is 0.135. The molecule has 1 fully saturated rings.